The molecule has 14 heavy (non-hydrogen) atoms. The Kier molecular flexibility index (Phi) is 5.19. The first-order valence-corrected chi connectivity index (χ1v) is 5.52. The van der Waals surface area contributed by atoms with Crippen molar-refractivity contribution in [2.45, 2.75) is 27.7 Å². The third-order valence-corrected chi connectivity index (χ3v) is 3.22. The third-order valence-electron chi connectivity index (χ3n) is 1.68. The van der Waals surface area contributed by atoms with E-state index in [0.29, 0.717) is 5.75 Å². The summed E-state index contributed by atoms with van der Waals surface area (Å²) in [5.41, 5.74) is -0.347. The van der Waals surface area contributed by atoms with Gasteiger partial charge in [-0.05, 0) is 0 Å². The second-order valence-electron chi connectivity index (χ2n) is 4.27. The van der Waals surface area contributed by atoms with Crippen molar-refractivity contribution in [3.8, 4) is 0 Å². The molecule has 0 aromatic rings. The summed E-state index contributed by atoms with van der Waals surface area (Å²) in [5, 5.41) is 0.105. The number of hydrogen-bond acceptors (Lipinski definition) is 4. The molecular formula is C10H18O3S. The van der Waals surface area contributed by atoms with Crippen molar-refractivity contribution < 1.29 is 14.3 Å². The van der Waals surface area contributed by atoms with Gasteiger partial charge in [0.15, 0.2) is 5.12 Å². The van der Waals surface area contributed by atoms with Gasteiger partial charge < -0.3 is 4.74 Å². The molecule has 0 aliphatic rings. The molecule has 0 N–H and O–H groups in total. The number of rotatable bonds is 3. The maximum absolute atomic E-state index is 11.5. The van der Waals surface area contributed by atoms with Gasteiger partial charge in [0.05, 0.1) is 13.0 Å². The van der Waals surface area contributed by atoms with E-state index < -0.39 is 0 Å². The fraction of sp³-hybridized carbons (Fsp3) is 0.800. The van der Waals surface area contributed by atoms with E-state index in [1.54, 1.807) is 6.92 Å². The highest BCUT2D eigenvalue weighted by Crippen LogP contribution is 2.24. The first-order chi connectivity index (χ1) is 6.29. The lowest BCUT2D eigenvalue weighted by atomic mass is 10.00. The molecule has 4 heteroatoms. The lowest BCUT2D eigenvalue weighted by molar-refractivity contribution is -0.143. The number of ether oxygens (including phenoxy) is 1. The lowest BCUT2D eigenvalue weighted by Gasteiger charge is -2.16. The van der Waals surface area contributed by atoms with Crippen molar-refractivity contribution in [3.63, 3.8) is 0 Å². The Morgan fingerprint density at radius 1 is 1.36 bits per heavy atom. The SMILES string of the molecule is COC(=O)C(C)CSC(=O)C(C)(C)C. The minimum Gasteiger partial charge on any atom is -0.469 e. The normalized spacial score (nSPS) is 13.5. The summed E-state index contributed by atoms with van der Waals surface area (Å²) in [4.78, 5) is 22.5. The van der Waals surface area contributed by atoms with Gasteiger partial charge >= 0.3 is 5.97 Å². The monoisotopic (exact) mass is 218 g/mol. The minimum absolute atomic E-state index is 0.105. The molecule has 3 nitrogen and oxygen atoms in total. The molecule has 0 aliphatic heterocycles. The molecule has 0 saturated heterocycles. The molecule has 0 aromatic carbocycles. The van der Waals surface area contributed by atoms with Crippen LogP contribution in [0.2, 0.25) is 0 Å². The average molecular weight is 218 g/mol. The Morgan fingerprint density at radius 3 is 2.21 bits per heavy atom. The molecule has 0 radical (unpaired) electrons. The van der Waals surface area contributed by atoms with Crippen molar-refractivity contribution in [2.24, 2.45) is 11.3 Å². The fourth-order valence-electron chi connectivity index (χ4n) is 0.686. The highest BCUT2D eigenvalue weighted by Gasteiger charge is 2.23. The van der Waals surface area contributed by atoms with Crippen LogP contribution in [0.1, 0.15) is 27.7 Å². The molecule has 0 fully saturated rings. The molecular weight excluding hydrogens is 200 g/mol. The highest BCUT2D eigenvalue weighted by molar-refractivity contribution is 8.13. The zero-order chi connectivity index (χ0) is 11.4. The molecule has 0 bridgehead atoms. The van der Waals surface area contributed by atoms with E-state index in [-0.39, 0.29) is 22.4 Å². The number of thioether (sulfide) groups is 1. The van der Waals surface area contributed by atoms with E-state index in [4.69, 9.17) is 0 Å². The smallest absolute Gasteiger partial charge is 0.309 e. The molecule has 0 rings (SSSR count). The van der Waals surface area contributed by atoms with Gasteiger partial charge in [-0.3, -0.25) is 9.59 Å². The van der Waals surface area contributed by atoms with Crippen molar-refractivity contribution >= 4 is 22.8 Å². The zero-order valence-corrected chi connectivity index (χ0v) is 10.2. The quantitative estimate of drug-likeness (QED) is 0.680. The Hall–Kier alpha value is -0.510. The zero-order valence-electron chi connectivity index (χ0n) is 9.42. The van der Waals surface area contributed by atoms with Crippen molar-refractivity contribution in [2.75, 3.05) is 12.9 Å². The van der Waals surface area contributed by atoms with Gasteiger partial charge in [-0.2, -0.15) is 0 Å². The van der Waals surface area contributed by atoms with E-state index in [0.717, 1.165) is 0 Å². The lowest BCUT2D eigenvalue weighted by Crippen LogP contribution is -2.20. The van der Waals surface area contributed by atoms with Crippen LogP contribution >= 0.6 is 11.8 Å². The van der Waals surface area contributed by atoms with Crippen molar-refractivity contribution in [3.05, 3.63) is 0 Å². The molecule has 0 heterocycles. The predicted molar refractivity (Wildman–Crippen MR) is 58.1 cm³/mol. The van der Waals surface area contributed by atoms with Gasteiger partial charge in [0.2, 0.25) is 0 Å². The molecule has 82 valence electrons. The van der Waals surface area contributed by atoms with Crippen LogP contribution in [-0.2, 0) is 14.3 Å². The first-order valence-electron chi connectivity index (χ1n) is 4.54. The van der Waals surface area contributed by atoms with Crippen LogP contribution in [0.25, 0.3) is 0 Å². The van der Waals surface area contributed by atoms with Crippen LogP contribution in [0, 0.1) is 11.3 Å². The van der Waals surface area contributed by atoms with Gasteiger partial charge in [-0.25, -0.2) is 0 Å². The van der Waals surface area contributed by atoms with Gasteiger partial charge in [0.1, 0.15) is 0 Å². The van der Waals surface area contributed by atoms with Gasteiger partial charge in [-0.1, -0.05) is 39.5 Å². The van der Waals surface area contributed by atoms with E-state index in [2.05, 4.69) is 4.74 Å². The number of hydrogen-bond donors (Lipinski definition) is 0. The first kappa shape index (κ1) is 13.5. The van der Waals surface area contributed by atoms with Crippen molar-refractivity contribution in [1.29, 1.82) is 0 Å². The predicted octanol–water partition coefficient (Wildman–Crippen LogP) is 2.10. The highest BCUT2D eigenvalue weighted by atomic mass is 32.2. The van der Waals surface area contributed by atoms with E-state index in [9.17, 15) is 9.59 Å². The van der Waals surface area contributed by atoms with Crippen LogP contribution in [0.3, 0.4) is 0 Å². The topological polar surface area (TPSA) is 43.4 Å². The summed E-state index contributed by atoms with van der Waals surface area (Å²) in [5.74, 6) is -0.00140. The number of carbonyl (C=O) groups is 2. The van der Waals surface area contributed by atoms with E-state index in [1.165, 1.54) is 18.9 Å². The van der Waals surface area contributed by atoms with Crippen LogP contribution in [0.5, 0.6) is 0 Å². The molecule has 1 atom stereocenters. The summed E-state index contributed by atoms with van der Waals surface area (Å²) >= 11 is 1.20. The Morgan fingerprint density at radius 2 is 1.86 bits per heavy atom. The van der Waals surface area contributed by atoms with Gasteiger partial charge in [-0.15, -0.1) is 0 Å². The molecule has 0 aliphatic carbocycles. The van der Waals surface area contributed by atoms with Gasteiger partial charge in [0, 0.05) is 11.2 Å². The molecule has 0 saturated carbocycles. The summed E-state index contributed by atoms with van der Waals surface area (Å²) < 4.78 is 4.57. The van der Waals surface area contributed by atoms with Crippen LogP contribution in [0.15, 0.2) is 0 Å². The summed E-state index contributed by atoms with van der Waals surface area (Å²) in [6.07, 6.45) is 0. The van der Waals surface area contributed by atoms with E-state index >= 15 is 0 Å². The third kappa shape index (κ3) is 4.65. The molecule has 0 spiro atoms. The molecule has 1 unspecified atom stereocenters. The maximum atomic E-state index is 11.5. The Labute approximate surface area is 89.6 Å². The largest absolute Gasteiger partial charge is 0.469 e. The second kappa shape index (κ2) is 5.39. The number of esters is 1. The number of carbonyl (C=O) groups excluding carboxylic acids is 2. The minimum atomic E-state index is -0.347. The van der Waals surface area contributed by atoms with Crippen LogP contribution in [-0.4, -0.2) is 23.9 Å². The summed E-state index contributed by atoms with van der Waals surface area (Å²) in [6.45, 7) is 7.36. The standard InChI is InChI=1S/C10H18O3S/c1-7(8(11)13-5)6-14-9(12)10(2,3)4/h7H,6H2,1-5H3. The van der Waals surface area contributed by atoms with Crippen LogP contribution in [0.4, 0.5) is 0 Å². The van der Waals surface area contributed by atoms with Crippen molar-refractivity contribution in [1.82, 2.24) is 0 Å². The summed E-state index contributed by atoms with van der Waals surface area (Å²) in [6, 6.07) is 0. The molecule has 0 amide bonds. The second-order valence-corrected chi connectivity index (χ2v) is 5.27. The average Bonchev–Trinajstić information content (AvgIpc) is 2.10. The van der Waals surface area contributed by atoms with Crippen LogP contribution < -0.4 is 0 Å². The van der Waals surface area contributed by atoms with E-state index in [1.807, 2.05) is 20.8 Å². The van der Waals surface area contributed by atoms with Gasteiger partial charge in [0.25, 0.3) is 0 Å². The molecule has 0 aromatic heterocycles. The fourth-order valence-corrected chi connectivity index (χ4v) is 1.66. The summed E-state index contributed by atoms with van der Waals surface area (Å²) in [7, 11) is 1.36. The number of methoxy groups -OCH3 is 1. The Bertz CT molecular complexity index is 218. The maximum Gasteiger partial charge on any atom is 0.309 e. The Balaban J connectivity index is 3.96.